The van der Waals surface area contributed by atoms with Gasteiger partial charge in [0.05, 0.1) is 25.9 Å². The zero-order valence-corrected chi connectivity index (χ0v) is 17.1. The Morgan fingerprint density at radius 2 is 1.97 bits per heavy atom. The van der Waals surface area contributed by atoms with E-state index in [9.17, 15) is 5.11 Å². The van der Waals surface area contributed by atoms with Crippen molar-refractivity contribution in [2.75, 3.05) is 44.3 Å². The van der Waals surface area contributed by atoms with Gasteiger partial charge in [-0.05, 0) is 25.0 Å². The second-order valence-electron chi connectivity index (χ2n) is 6.92. The third-order valence-corrected chi connectivity index (χ3v) is 4.82. The lowest BCUT2D eigenvalue weighted by atomic mass is 10.1. The molecule has 1 aliphatic heterocycles. The average molecular weight is 398 g/mol. The smallest absolute Gasteiger partial charge is 0.191 e. The highest BCUT2D eigenvalue weighted by molar-refractivity contribution is 5.79. The molecule has 1 aromatic carbocycles. The van der Waals surface area contributed by atoms with E-state index >= 15 is 0 Å². The van der Waals surface area contributed by atoms with Crippen LogP contribution in [0.2, 0.25) is 0 Å². The van der Waals surface area contributed by atoms with Gasteiger partial charge in [0.25, 0.3) is 0 Å². The summed E-state index contributed by atoms with van der Waals surface area (Å²) in [6.07, 6.45) is 1.95. The van der Waals surface area contributed by atoms with Crippen LogP contribution in [0.1, 0.15) is 30.6 Å². The molecule has 0 radical (unpaired) electrons. The summed E-state index contributed by atoms with van der Waals surface area (Å²) in [6.45, 7) is 7.14. The van der Waals surface area contributed by atoms with Gasteiger partial charge in [0, 0.05) is 37.9 Å². The summed E-state index contributed by atoms with van der Waals surface area (Å²) in [5.41, 5.74) is 2.03. The number of aliphatic imine (C=N–C) groups is 1. The molecule has 0 aliphatic carbocycles. The first kappa shape index (κ1) is 21.1. The van der Waals surface area contributed by atoms with Gasteiger partial charge in [-0.3, -0.25) is 0 Å². The number of aliphatic hydroxyl groups is 1. The summed E-state index contributed by atoms with van der Waals surface area (Å²) in [5.74, 6) is 1.72. The summed E-state index contributed by atoms with van der Waals surface area (Å²) >= 11 is 0. The minimum Gasteiger partial charge on any atom is -0.388 e. The SMILES string of the molecule is CCNC(=NCc1cccnc1N1CCOCC1)NCCC(O)c1ccccc1. The van der Waals surface area contributed by atoms with Crippen molar-refractivity contribution >= 4 is 11.8 Å². The summed E-state index contributed by atoms with van der Waals surface area (Å²) < 4.78 is 5.45. The molecule has 1 aliphatic rings. The highest BCUT2D eigenvalue weighted by atomic mass is 16.5. The van der Waals surface area contributed by atoms with Gasteiger partial charge in [0.2, 0.25) is 0 Å². The average Bonchev–Trinajstić information content (AvgIpc) is 2.79. The number of ether oxygens (including phenoxy) is 1. The number of hydrogen-bond donors (Lipinski definition) is 3. The maximum atomic E-state index is 10.3. The van der Waals surface area contributed by atoms with E-state index < -0.39 is 6.10 Å². The van der Waals surface area contributed by atoms with Gasteiger partial charge < -0.3 is 25.4 Å². The molecule has 29 heavy (non-hydrogen) atoms. The predicted octanol–water partition coefficient (Wildman–Crippen LogP) is 2.10. The minimum absolute atomic E-state index is 0.488. The van der Waals surface area contributed by atoms with Gasteiger partial charge in [0.1, 0.15) is 5.82 Å². The van der Waals surface area contributed by atoms with Crippen LogP contribution in [0.5, 0.6) is 0 Å². The molecule has 1 atom stereocenters. The Labute approximate surface area is 172 Å². The molecule has 1 saturated heterocycles. The van der Waals surface area contributed by atoms with Crippen LogP contribution in [0, 0.1) is 0 Å². The molecule has 156 valence electrons. The number of anilines is 1. The normalized spacial score (nSPS) is 15.8. The third kappa shape index (κ3) is 6.44. The number of nitrogens with zero attached hydrogens (tertiary/aromatic N) is 3. The molecular formula is C22H31N5O2. The topological polar surface area (TPSA) is 82.0 Å². The quantitative estimate of drug-likeness (QED) is 0.467. The summed E-state index contributed by atoms with van der Waals surface area (Å²) in [6, 6.07) is 13.7. The van der Waals surface area contributed by atoms with E-state index in [4.69, 9.17) is 9.73 Å². The Kier molecular flexibility index (Phi) is 8.27. The highest BCUT2D eigenvalue weighted by Crippen LogP contribution is 2.19. The Hall–Kier alpha value is -2.64. The number of benzene rings is 1. The molecule has 0 saturated carbocycles. The molecule has 2 aromatic rings. The molecule has 7 heteroatoms. The molecule has 0 bridgehead atoms. The molecule has 0 amide bonds. The maximum Gasteiger partial charge on any atom is 0.191 e. The fourth-order valence-electron chi connectivity index (χ4n) is 3.29. The lowest BCUT2D eigenvalue weighted by Gasteiger charge is -2.29. The first-order chi connectivity index (χ1) is 14.3. The van der Waals surface area contributed by atoms with Crippen molar-refractivity contribution in [2.45, 2.75) is 26.0 Å². The van der Waals surface area contributed by atoms with E-state index in [0.29, 0.717) is 19.5 Å². The van der Waals surface area contributed by atoms with Crippen molar-refractivity contribution in [3.05, 3.63) is 59.8 Å². The summed E-state index contributed by atoms with van der Waals surface area (Å²) in [4.78, 5) is 11.6. The van der Waals surface area contributed by atoms with Crippen LogP contribution in [0.25, 0.3) is 0 Å². The van der Waals surface area contributed by atoms with Crippen molar-refractivity contribution in [1.82, 2.24) is 15.6 Å². The Bertz CT molecular complexity index is 763. The van der Waals surface area contributed by atoms with E-state index in [1.54, 1.807) is 0 Å². The second-order valence-corrected chi connectivity index (χ2v) is 6.92. The summed E-state index contributed by atoms with van der Waals surface area (Å²) in [7, 11) is 0. The largest absolute Gasteiger partial charge is 0.388 e. The van der Waals surface area contributed by atoms with Gasteiger partial charge in [0.15, 0.2) is 5.96 Å². The summed E-state index contributed by atoms with van der Waals surface area (Å²) in [5, 5.41) is 16.9. The first-order valence-electron chi connectivity index (χ1n) is 10.3. The van der Waals surface area contributed by atoms with Crippen molar-refractivity contribution in [3.63, 3.8) is 0 Å². The predicted molar refractivity (Wildman–Crippen MR) is 116 cm³/mol. The second kappa shape index (κ2) is 11.4. The number of hydrogen-bond acceptors (Lipinski definition) is 5. The fourth-order valence-corrected chi connectivity index (χ4v) is 3.29. The zero-order valence-electron chi connectivity index (χ0n) is 17.1. The molecule has 1 fully saturated rings. The van der Waals surface area contributed by atoms with E-state index in [1.165, 1.54) is 0 Å². The Morgan fingerprint density at radius 1 is 1.17 bits per heavy atom. The van der Waals surface area contributed by atoms with Gasteiger partial charge in [-0.2, -0.15) is 0 Å². The monoisotopic (exact) mass is 397 g/mol. The number of morpholine rings is 1. The molecule has 3 N–H and O–H groups in total. The van der Waals surface area contributed by atoms with E-state index in [0.717, 1.165) is 55.8 Å². The number of aromatic nitrogens is 1. The Morgan fingerprint density at radius 3 is 2.72 bits per heavy atom. The molecule has 7 nitrogen and oxygen atoms in total. The molecule has 3 rings (SSSR count). The number of nitrogens with one attached hydrogen (secondary N) is 2. The van der Waals surface area contributed by atoms with Crippen molar-refractivity contribution < 1.29 is 9.84 Å². The third-order valence-electron chi connectivity index (χ3n) is 4.82. The maximum absolute atomic E-state index is 10.3. The van der Waals surface area contributed by atoms with Crippen molar-refractivity contribution in [1.29, 1.82) is 0 Å². The lowest BCUT2D eigenvalue weighted by molar-refractivity contribution is 0.122. The Balaban J connectivity index is 1.58. The van der Waals surface area contributed by atoms with Gasteiger partial charge >= 0.3 is 0 Å². The fraction of sp³-hybridized carbons (Fsp3) is 0.455. The van der Waals surface area contributed by atoms with Crippen LogP contribution >= 0.6 is 0 Å². The van der Waals surface area contributed by atoms with Crippen molar-refractivity contribution in [3.8, 4) is 0 Å². The van der Waals surface area contributed by atoms with E-state index in [1.807, 2.05) is 49.5 Å². The van der Waals surface area contributed by atoms with Crippen LogP contribution in [0.3, 0.4) is 0 Å². The van der Waals surface area contributed by atoms with Gasteiger partial charge in [-0.15, -0.1) is 0 Å². The molecule has 0 spiro atoms. The van der Waals surface area contributed by atoms with Crippen LogP contribution in [-0.2, 0) is 11.3 Å². The molecule has 1 unspecified atom stereocenters. The van der Waals surface area contributed by atoms with Crippen LogP contribution < -0.4 is 15.5 Å². The number of pyridine rings is 1. The number of guanidine groups is 1. The van der Waals surface area contributed by atoms with Crippen LogP contribution in [0.15, 0.2) is 53.7 Å². The molecular weight excluding hydrogens is 366 g/mol. The van der Waals surface area contributed by atoms with Gasteiger partial charge in [-0.1, -0.05) is 36.4 Å². The zero-order chi connectivity index (χ0) is 20.3. The minimum atomic E-state index is -0.488. The number of rotatable bonds is 8. The highest BCUT2D eigenvalue weighted by Gasteiger charge is 2.15. The van der Waals surface area contributed by atoms with E-state index in [2.05, 4.69) is 26.6 Å². The standard InChI is InChI=1S/C22H31N5O2/c1-2-23-22(25-12-10-20(28)18-7-4-3-5-8-18)26-17-19-9-6-11-24-21(19)27-13-15-29-16-14-27/h3-9,11,20,28H,2,10,12-17H2,1H3,(H2,23,25,26). The number of aliphatic hydroxyl groups excluding tert-OH is 1. The van der Waals surface area contributed by atoms with Crippen molar-refractivity contribution in [2.24, 2.45) is 4.99 Å². The van der Waals surface area contributed by atoms with E-state index in [-0.39, 0.29) is 0 Å². The van der Waals surface area contributed by atoms with Gasteiger partial charge in [-0.25, -0.2) is 9.98 Å². The first-order valence-corrected chi connectivity index (χ1v) is 10.3. The molecule has 2 heterocycles. The molecule has 1 aromatic heterocycles. The van der Waals surface area contributed by atoms with Crippen LogP contribution in [-0.4, -0.2) is 55.4 Å². The van der Waals surface area contributed by atoms with Crippen LogP contribution in [0.4, 0.5) is 5.82 Å². The lowest BCUT2D eigenvalue weighted by Crippen LogP contribution is -2.38.